The molecule has 2 aliphatic heterocycles. The predicted octanol–water partition coefficient (Wildman–Crippen LogP) is 4.75. The third-order valence-corrected chi connectivity index (χ3v) is 5.24. The molecule has 5 rings (SSSR count). The molecule has 2 atom stereocenters. The lowest BCUT2D eigenvalue weighted by Gasteiger charge is -2.10. The largest absolute Gasteiger partial charge is 0.490 e. The highest BCUT2D eigenvalue weighted by molar-refractivity contribution is 6.03. The normalized spacial score (nSPS) is 19.6. The molecule has 0 N–H and O–H groups in total. The summed E-state index contributed by atoms with van der Waals surface area (Å²) in [7, 11) is 0. The molecule has 3 aromatic rings. The number of hydrogen-bond donors (Lipinski definition) is 0. The van der Waals surface area contributed by atoms with Crippen molar-refractivity contribution in [3.63, 3.8) is 0 Å². The van der Waals surface area contributed by atoms with Crippen molar-refractivity contribution in [1.29, 1.82) is 0 Å². The Labute approximate surface area is 175 Å². The molecule has 5 heteroatoms. The summed E-state index contributed by atoms with van der Waals surface area (Å²) >= 11 is 0. The average molecular weight is 402 g/mol. The maximum atomic E-state index is 13.1. The molecule has 0 amide bonds. The fourth-order valence-corrected chi connectivity index (χ4v) is 3.61. The van der Waals surface area contributed by atoms with E-state index in [1.807, 2.05) is 66.7 Å². The minimum Gasteiger partial charge on any atom is -0.490 e. The molecule has 3 aromatic carbocycles. The van der Waals surface area contributed by atoms with Crippen molar-refractivity contribution in [3.05, 3.63) is 89.5 Å². The number of hydrogen-bond acceptors (Lipinski definition) is 5. The highest BCUT2D eigenvalue weighted by atomic mass is 16.6. The van der Waals surface area contributed by atoms with Gasteiger partial charge in [-0.15, -0.1) is 0 Å². The zero-order chi connectivity index (χ0) is 20.3. The molecule has 0 bridgehead atoms. The molecular weight excluding hydrogens is 380 g/mol. The molecule has 5 nitrogen and oxygen atoms in total. The molecule has 0 radical (unpaired) electrons. The van der Waals surface area contributed by atoms with Crippen LogP contribution < -0.4 is 14.2 Å². The summed E-state index contributed by atoms with van der Waals surface area (Å²) < 4.78 is 23.1. The molecular formula is C25H22O5. The Morgan fingerprint density at radius 2 is 1.67 bits per heavy atom. The second-order valence-corrected chi connectivity index (χ2v) is 7.37. The van der Waals surface area contributed by atoms with Gasteiger partial charge in [0.2, 0.25) is 0 Å². The van der Waals surface area contributed by atoms with Gasteiger partial charge < -0.3 is 18.9 Å². The molecule has 30 heavy (non-hydrogen) atoms. The highest BCUT2D eigenvalue weighted by Crippen LogP contribution is 2.44. The van der Waals surface area contributed by atoms with Crippen molar-refractivity contribution in [2.75, 3.05) is 13.2 Å². The van der Waals surface area contributed by atoms with Gasteiger partial charge in [-0.05, 0) is 35.4 Å². The molecule has 2 heterocycles. The van der Waals surface area contributed by atoms with E-state index in [1.165, 1.54) is 0 Å². The van der Waals surface area contributed by atoms with Crippen LogP contribution in [-0.2, 0) is 11.3 Å². The monoisotopic (exact) mass is 402 g/mol. The number of ether oxygens (including phenoxy) is 4. The first-order valence-corrected chi connectivity index (χ1v) is 10.1. The Hall–Kier alpha value is -3.31. The minimum absolute atomic E-state index is 0.0734. The number of ketones is 1. The Balaban J connectivity index is 1.30. The number of para-hydroxylation sites is 1. The topological polar surface area (TPSA) is 57.3 Å². The second-order valence-electron chi connectivity index (χ2n) is 7.37. The number of epoxide rings is 1. The fourth-order valence-electron chi connectivity index (χ4n) is 3.61. The maximum absolute atomic E-state index is 13.1. The SMILES string of the molecule is O=C(c1ccccc1OCc1ccccc1)[C@@H]1O[C@@H]1c1ccc2c(c1)OCCCO2. The molecule has 0 unspecified atom stereocenters. The van der Waals surface area contributed by atoms with Gasteiger partial charge in [-0.3, -0.25) is 4.79 Å². The molecule has 0 aliphatic carbocycles. The number of carbonyl (C=O) groups excluding carboxylic acids is 1. The number of fused-ring (bicyclic) bond motifs is 1. The van der Waals surface area contributed by atoms with E-state index in [1.54, 1.807) is 6.07 Å². The fraction of sp³-hybridized carbons (Fsp3) is 0.240. The van der Waals surface area contributed by atoms with Crippen LogP contribution in [-0.4, -0.2) is 25.1 Å². The summed E-state index contributed by atoms with van der Waals surface area (Å²) in [6, 6.07) is 22.9. The van der Waals surface area contributed by atoms with Crippen LogP contribution in [0.2, 0.25) is 0 Å². The number of carbonyl (C=O) groups is 1. The quantitative estimate of drug-likeness (QED) is 0.440. The lowest BCUT2D eigenvalue weighted by molar-refractivity contribution is 0.0949. The summed E-state index contributed by atoms with van der Waals surface area (Å²) in [6.45, 7) is 1.67. The molecule has 0 aromatic heterocycles. The lowest BCUT2D eigenvalue weighted by Crippen LogP contribution is -2.11. The van der Waals surface area contributed by atoms with Gasteiger partial charge in [-0.1, -0.05) is 48.5 Å². The zero-order valence-corrected chi connectivity index (χ0v) is 16.5. The number of rotatable bonds is 6. The van der Waals surface area contributed by atoms with Gasteiger partial charge >= 0.3 is 0 Å². The van der Waals surface area contributed by atoms with Gasteiger partial charge in [0.15, 0.2) is 23.4 Å². The molecule has 0 saturated carbocycles. The maximum Gasteiger partial charge on any atom is 0.198 e. The van der Waals surface area contributed by atoms with E-state index in [9.17, 15) is 4.79 Å². The van der Waals surface area contributed by atoms with Crippen molar-refractivity contribution in [2.24, 2.45) is 0 Å². The highest BCUT2D eigenvalue weighted by Gasteiger charge is 2.47. The van der Waals surface area contributed by atoms with E-state index in [0.717, 1.165) is 23.3 Å². The van der Waals surface area contributed by atoms with E-state index in [4.69, 9.17) is 18.9 Å². The molecule has 1 saturated heterocycles. The Morgan fingerprint density at radius 1 is 0.900 bits per heavy atom. The van der Waals surface area contributed by atoms with Crippen LogP contribution in [0.1, 0.15) is 34.0 Å². The van der Waals surface area contributed by atoms with Gasteiger partial charge in [0.25, 0.3) is 0 Å². The van der Waals surface area contributed by atoms with Gasteiger partial charge in [0.1, 0.15) is 18.5 Å². The third-order valence-electron chi connectivity index (χ3n) is 5.24. The molecule has 152 valence electrons. The van der Waals surface area contributed by atoms with Crippen LogP contribution in [0.3, 0.4) is 0 Å². The van der Waals surface area contributed by atoms with Crippen molar-refractivity contribution in [1.82, 2.24) is 0 Å². The van der Waals surface area contributed by atoms with E-state index in [-0.39, 0.29) is 11.9 Å². The van der Waals surface area contributed by atoms with Gasteiger partial charge in [0, 0.05) is 6.42 Å². The minimum atomic E-state index is -0.517. The first kappa shape index (κ1) is 18.7. The molecule has 1 fully saturated rings. The molecule has 0 spiro atoms. The lowest BCUT2D eigenvalue weighted by atomic mass is 10.0. The van der Waals surface area contributed by atoms with E-state index >= 15 is 0 Å². The number of Topliss-reactive ketones (excluding diaryl/α,β-unsaturated/α-hetero) is 1. The number of benzene rings is 3. The van der Waals surface area contributed by atoms with Crippen LogP contribution in [0.5, 0.6) is 17.2 Å². The van der Waals surface area contributed by atoms with E-state index in [2.05, 4.69) is 0 Å². The average Bonchev–Trinajstić information content (AvgIpc) is 3.61. The van der Waals surface area contributed by atoms with Gasteiger partial charge in [-0.2, -0.15) is 0 Å². The van der Waals surface area contributed by atoms with Crippen LogP contribution >= 0.6 is 0 Å². The van der Waals surface area contributed by atoms with Crippen molar-refractivity contribution in [2.45, 2.75) is 25.2 Å². The van der Waals surface area contributed by atoms with Crippen LogP contribution in [0.25, 0.3) is 0 Å². The Morgan fingerprint density at radius 3 is 2.53 bits per heavy atom. The van der Waals surface area contributed by atoms with Crippen LogP contribution in [0.15, 0.2) is 72.8 Å². The summed E-state index contributed by atoms with van der Waals surface area (Å²) in [4.78, 5) is 13.1. The van der Waals surface area contributed by atoms with Crippen LogP contribution in [0.4, 0.5) is 0 Å². The zero-order valence-electron chi connectivity index (χ0n) is 16.5. The Bertz CT molecular complexity index is 1050. The Kier molecular flexibility index (Phi) is 5.11. The predicted molar refractivity (Wildman–Crippen MR) is 111 cm³/mol. The smallest absolute Gasteiger partial charge is 0.198 e. The second kappa shape index (κ2) is 8.20. The van der Waals surface area contributed by atoms with Crippen molar-refractivity contribution >= 4 is 5.78 Å². The van der Waals surface area contributed by atoms with Crippen molar-refractivity contribution < 1.29 is 23.7 Å². The van der Waals surface area contributed by atoms with Crippen molar-refractivity contribution in [3.8, 4) is 17.2 Å². The third kappa shape index (κ3) is 3.89. The van der Waals surface area contributed by atoms with E-state index < -0.39 is 6.10 Å². The molecule has 2 aliphatic rings. The first-order chi connectivity index (χ1) is 14.8. The summed E-state index contributed by atoms with van der Waals surface area (Å²) in [5.74, 6) is 1.94. The van der Waals surface area contributed by atoms with Crippen LogP contribution in [0, 0.1) is 0 Å². The standard InChI is InChI=1S/C25H22O5/c26-23(19-9-4-5-10-20(19)29-16-17-7-2-1-3-8-17)25-24(30-25)18-11-12-21-22(15-18)28-14-6-13-27-21/h1-5,7-12,15,24-25H,6,13-14,16H2/t24-,25+/m1/s1. The first-order valence-electron chi connectivity index (χ1n) is 10.1. The van der Waals surface area contributed by atoms with Gasteiger partial charge in [-0.25, -0.2) is 0 Å². The van der Waals surface area contributed by atoms with Gasteiger partial charge in [0.05, 0.1) is 18.8 Å². The summed E-state index contributed by atoms with van der Waals surface area (Å²) in [5.41, 5.74) is 2.50. The summed E-state index contributed by atoms with van der Waals surface area (Å²) in [5, 5.41) is 0. The van der Waals surface area contributed by atoms with E-state index in [0.29, 0.717) is 36.9 Å². The summed E-state index contributed by atoms with van der Waals surface area (Å²) in [6.07, 6.45) is 0.0539.